The van der Waals surface area contributed by atoms with Crippen molar-refractivity contribution < 1.29 is 30.9 Å². The number of hydrogen-bond acceptors (Lipinski definition) is 6. The van der Waals surface area contributed by atoms with Crippen molar-refractivity contribution >= 4 is 15.6 Å². The lowest BCUT2D eigenvalue weighted by Gasteiger charge is -2.11. The topological polar surface area (TPSA) is 112 Å². The summed E-state index contributed by atoms with van der Waals surface area (Å²) in [7, 11) is -4.04. The summed E-state index contributed by atoms with van der Waals surface area (Å²) in [5.41, 5.74) is -1.37. The number of sulfone groups is 1. The maximum Gasteiger partial charge on any atom is 0.416 e. The van der Waals surface area contributed by atoms with Gasteiger partial charge in [0.2, 0.25) is 0 Å². The van der Waals surface area contributed by atoms with Crippen LogP contribution in [0.2, 0.25) is 0 Å². The van der Waals surface area contributed by atoms with Crippen LogP contribution in [0.1, 0.15) is 46.0 Å². The largest absolute Gasteiger partial charge is 0.416 e. The molecule has 0 saturated heterocycles. The number of halogens is 3. The molecule has 2 aromatic rings. The third kappa shape index (κ3) is 3.74. The smallest absolute Gasteiger partial charge is 0.360 e. The fourth-order valence-electron chi connectivity index (χ4n) is 2.40. The van der Waals surface area contributed by atoms with Crippen LogP contribution in [0, 0.1) is 0 Å². The number of alkyl halides is 3. The van der Waals surface area contributed by atoms with Crippen LogP contribution in [-0.2, 0) is 16.0 Å². The number of benzene rings is 1. The number of aromatic nitrogens is 1. The molecule has 1 aliphatic rings. The first kappa shape index (κ1) is 19.1. The lowest BCUT2D eigenvalue weighted by atomic mass is 10.0. The predicted molar refractivity (Wildman–Crippen MR) is 81.5 cm³/mol. The zero-order valence-corrected chi connectivity index (χ0v) is 13.9. The lowest BCUT2D eigenvalue weighted by Crippen LogP contribution is -2.13. The number of nitrogens with zero attached hydrogens (tertiary/aromatic N) is 1. The summed E-state index contributed by atoms with van der Waals surface area (Å²) in [6.07, 6.45) is -1.14. The standard InChI is InChI=1S/C15H12F3NO4S.H3N/c1-24(21,22)12-6-9(15(16,17)18)4-5-10(12)13(20)11-7-19-23-14(11)8-2-3-8;/h4-8H,2-3H2,1H3;1H3. The van der Waals surface area contributed by atoms with E-state index in [4.69, 9.17) is 4.52 Å². The predicted octanol–water partition coefficient (Wildman–Crippen LogP) is 3.37. The molecular weight excluding hydrogens is 361 g/mol. The molecule has 1 fully saturated rings. The molecule has 0 unspecified atom stereocenters. The Balaban J connectivity index is 0.00000225. The van der Waals surface area contributed by atoms with Gasteiger partial charge in [-0.2, -0.15) is 13.2 Å². The second kappa shape index (κ2) is 6.26. The van der Waals surface area contributed by atoms with Gasteiger partial charge in [-0.05, 0) is 31.0 Å². The first-order chi connectivity index (χ1) is 11.1. The average molecular weight is 376 g/mol. The van der Waals surface area contributed by atoms with Gasteiger partial charge in [-0.1, -0.05) is 5.16 Å². The Hall–Kier alpha value is -2.20. The van der Waals surface area contributed by atoms with Crippen LogP contribution in [0.4, 0.5) is 13.2 Å². The van der Waals surface area contributed by atoms with Gasteiger partial charge in [0, 0.05) is 17.7 Å². The second-order valence-electron chi connectivity index (χ2n) is 5.69. The quantitative estimate of drug-likeness (QED) is 0.819. The molecule has 1 saturated carbocycles. The van der Waals surface area contributed by atoms with E-state index in [1.54, 1.807) is 0 Å². The highest BCUT2D eigenvalue weighted by molar-refractivity contribution is 7.90. The third-order valence-corrected chi connectivity index (χ3v) is 4.88. The van der Waals surface area contributed by atoms with Gasteiger partial charge in [-0.25, -0.2) is 8.42 Å². The zero-order chi connectivity index (χ0) is 17.7. The van der Waals surface area contributed by atoms with E-state index in [1.807, 2.05) is 0 Å². The van der Waals surface area contributed by atoms with Gasteiger partial charge in [0.05, 0.1) is 22.2 Å². The van der Waals surface area contributed by atoms with Crippen LogP contribution in [0.25, 0.3) is 0 Å². The second-order valence-corrected chi connectivity index (χ2v) is 7.67. The molecule has 6 nitrogen and oxygen atoms in total. The van der Waals surface area contributed by atoms with Crippen LogP contribution < -0.4 is 6.15 Å². The Labute approximate surface area is 141 Å². The van der Waals surface area contributed by atoms with E-state index in [2.05, 4.69) is 5.16 Å². The minimum Gasteiger partial charge on any atom is -0.360 e. The fraction of sp³-hybridized carbons (Fsp3) is 0.333. The molecule has 3 rings (SSSR count). The Morgan fingerprint density at radius 3 is 2.40 bits per heavy atom. The summed E-state index contributed by atoms with van der Waals surface area (Å²) in [4.78, 5) is 12.0. The molecule has 0 aliphatic heterocycles. The van der Waals surface area contributed by atoms with Crippen molar-refractivity contribution in [1.82, 2.24) is 11.3 Å². The lowest BCUT2D eigenvalue weighted by molar-refractivity contribution is -0.137. The Kier molecular flexibility index (Phi) is 4.79. The molecule has 0 spiro atoms. The van der Waals surface area contributed by atoms with Crippen LogP contribution in [0.5, 0.6) is 0 Å². The molecule has 0 atom stereocenters. The van der Waals surface area contributed by atoms with Crippen molar-refractivity contribution in [1.29, 1.82) is 0 Å². The summed E-state index contributed by atoms with van der Waals surface area (Å²) < 4.78 is 67.3. The van der Waals surface area contributed by atoms with E-state index in [9.17, 15) is 26.4 Å². The minimum atomic E-state index is -4.71. The number of hydrogen-bond donors (Lipinski definition) is 1. The molecule has 1 heterocycles. The van der Waals surface area contributed by atoms with Crippen molar-refractivity contribution in [3.8, 4) is 0 Å². The first-order valence-corrected chi connectivity index (χ1v) is 8.88. The number of rotatable bonds is 4. The Morgan fingerprint density at radius 2 is 1.88 bits per heavy atom. The number of carbonyl (C=O) groups is 1. The molecule has 136 valence electrons. The van der Waals surface area contributed by atoms with Crippen molar-refractivity contribution in [2.45, 2.75) is 29.8 Å². The van der Waals surface area contributed by atoms with Gasteiger partial charge in [0.1, 0.15) is 0 Å². The van der Waals surface area contributed by atoms with Crippen molar-refractivity contribution in [2.24, 2.45) is 0 Å². The van der Waals surface area contributed by atoms with Gasteiger partial charge in [-0.15, -0.1) is 0 Å². The van der Waals surface area contributed by atoms with E-state index in [1.165, 1.54) is 6.20 Å². The summed E-state index contributed by atoms with van der Waals surface area (Å²) in [6, 6.07) is 2.05. The molecule has 10 heteroatoms. The molecule has 1 aromatic carbocycles. The summed E-state index contributed by atoms with van der Waals surface area (Å²) in [6.45, 7) is 0. The van der Waals surface area contributed by atoms with Gasteiger partial charge < -0.3 is 10.7 Å². The van der Waals surface area contributed by atoms with Crippen LogP contribution in [0.15, 0.2) is 33.8 Å². The molecule has 25 heavy (non-hydrogen) atoms. The molecule has 1 aliphatic carbocycles. The molecule has 3 N–H and O–H groups in total. The van der Waals surface area contributed by atoms with E-state index in [-0.39, 0.29) is 23.2 Å². The summed E-state index contributed by atoms with van der Waals surface area (Å²) in [5, 5.41) is 3.55. The van der Waals surface area contributed by atoms with Crippen molar-refractivity contribution in [3.63, 3.8) is 0 Å². The summed E-state index contributed by atoms with van der Waals surface area (Å²) >= 11 is 0. The van der Waals surface area contributed by atoms with Crippen LogP contribution in [-0.4, -0.2) is 25.6 Å². The van der Waals surface area contributed by atoms with E-state index >= 15 is 0 Å². The third-order valence-electron chi connectivity index (χ3n) is 3.74. The van der Waals surface area contributed by atoms with Gasteiger partial charge in [0.15, 0.2) is 21.4 Å². The minimum absolute atomic E-state index is 0. The Bertz CT molecular complexity index is 915. The van der Waals surface area contributed by atoms with Crippen molar-refractivity contribution in [3.05, 3.63) is 46.8 Å². The molecule has 0 bridgehead atoms. The number of carbonyl (C=O) groups excluding carboxylic acids is 1. The highest BCUT2D eigenvalue weighted by Crippen LogP contribution is 2.42. The zero-order valence-electron chi connectivity index (χ0n) is 13.1. The van der Waals surface area contributed by atoms with Crippen molar-refractivity contribution in [2.75, 3.05) is 6.26 Å². The van der Waals surface area contributed by atoms with Gasteiger partial charge in [0.25, 0.3) is 0 Å². The SMILES string of the molecule is CS(=O)(=O)c1cc(C(F)(F)F)ccc1C(=O)c1cnoc1C1CC1.N. The molecule has 1 aromatic heterocycles. The molecule has 0 radical (unpaired) electrons. The number of ketones is 1. The maximum atomic E-state index is 12.8. The van der Waals surface area contributed by atoms with Crippen LogP contribution >= 0.6 is 0 Å². The van der Waals surface area contributed by atoms with E-state index in [0.717, 1.165) is 25.2 Å². The summed E-state index contributed by atoms with van der Waals surface area (Å²) in [5.74, 6) is -0.325. The first-order valence-electron chi connectivity index (χ1n) is 6.99. The molecule has 0 amide bonds. The normalized spacial score (nSPS) is 14.9. The van der Waals surface area contributed by atoms with E-state index < -0.39 is 32.3 Å². The average Bonchev–Trinajstić information content (AvgIpc) is 3.21. The molecular formula is C15H15F3N2O4S. The van der Waals surface area contributed by atoms with E-state index in [0.29, 0.717) is 17.9 Å². The Morgan fingerprint density at radius 1 is 1.24 bits per heavy atom. The van der Waals surface area contributed by atoms with Gasteiger partial charge in [-0.3, -0.25) is 4.79 Å². The maximum absolute atomic E-state index is 12.8. The van der Waals surface area contributed by atoms with Crippen LogP contribution in [0.3, 0.4) is 0 Å². The van der Waals surface area contributed by atoms with Gasteiger partial charge >= 0.3 is 6.18 Å². The monoisotopic (exact) mass is 376 g/mol. The fourth-order valence-corrected chi connectivity index (χ4v) is 3.30. The highest BCUT2D eigenvalue weighted by atomic mass is 32.2. The highest BCUT2D eigenvalue weighted by Gasteiger charge is 2.36.